The second-order valence-electron chi connectivity index (χ2n) is 4.46. The van der Waals surface area contributed by atoms with Gasteiger partial charge in [0.25, 0.3) is 5.95 Å². The number of benzene rings is 1. The first kappa shape index (κ1) is 19.8. The monoisotopic (exact) mass is 351 g/mol. The number of rotatable bonds is 8. The summed E-state index contributed by atoms with van der Waals surface area (Å²) in [6, 6.07) is 4.80. The van der Waals surface area contributed by atoms with Gasteiger partial charge >= 0.3 is 5.97 Å². The molecule has 0 spiro atoms. The number of aliphatic hydroxyl groups is 1. The molecule has 0 saturated heterocycles. The number of aromatic hydroxyl groups is 1. The predicted molar refractivity (Wildman–Crippen MR) is 91.8 cm³/mol. The quantitative estimate of drug-likeness (QED) is 0.161. The summed E-state index contributed by atoms with van der Waals surface area (Å²) in [5, 5.41) is 27.1. The number of amidine groups is 1. The zero-order chi connectivity index (χ0) is 18.8. The number of para-hydroxylation sites is 1. The van der Waals surface area contributed by atoms with Crippen molar-refractivity contribution in [2.24, 2.45) is 15.9 Å². The highest BCUT2D eigenvalue weighted by Crippen LogP contribution is 2.27. The van der Waals surface area contributed by atoms with Crippen LogP contribution < -0.4 is 10.5 Å². The fourth-order valence-corrected chi connectivity index (χ4v) is 1.73. The van der Waals surface area contributed by atoms with Crippen molar-refractivity contribution in [2.75, 3.05) is 20.3 Å². The average Bonchev–Trinajstić information content (AvgIpc) is 2.57. The minimum atomic E-state index is -0.894. The van der Waals surface area contributed by atoms with Gasteiger partial charge in [-0.25, -0.2) is 4.79 Å². The van der Waals surface area contributed by atoms with Gasteiger partial charge in [-0.1, -0.05) is 6.07 Å². The molecule has 4 N–H and O–H groups in total. The number of nitrogens with zero attached hydrogens (tertiary/aromatic N) is 2. The molecule has 0 fully saturated rings. The number of hydrogen-bond acceptors (Lipinski definition) is 8. The van der Waals surface area contributed by atoms with Crippen molar-refractivity contribution in [2.45, 2.75) is 13.8 Å². The third-order valence-electron chi connectivity index (χ3n) is 2.84. The van der Waals surface area contributed by atoms with E-state index in [2.05, 4.69) is 10.2 Å². The Kier molecular flexibility index (Phi) is 7.77. The molecule has 0 heterocycles. The summed E-state index contributed by atoms with van der Waals surface area (Å²) in [6.45, 7) is 3.42. The van der Waals surface area contributed by atoms with E-state index in [1.165, 1.54) is 13.3 Å². The standard InChI is InChI=1S/C16H21N3O6/c1-4-24-15(21)12(16(22)25-5-2)14(17)19-18-9-10-7-6-8-11(23-3)13(10)20/h6-9,20-21H,4-5H2,1-3H3,(H2,17,19)/b15-12?,18-9+. The maximum atomic E-state index is 11.9. The van der Waals surface area contributed by atoms with Crippen LogP contribution in [0.4, 0.5) is 0 Å². The summed E-state index contributed by atoms with van der Waals surface area (Å²) in [4.78, 5) is 11.9. The Morgan fingerprint density at radius 3 is 2.56 bits per heavy atom. The zero-order valence-electron chi connectivity index (χ0n) is 14.2. The smallest absolute Gasteiger partial charge is 0.349 e. The number of esters is 1. The maximum absolute atomic E-state index is 11.9. The highest BCUT2D eigenvalue weighted by Gasteiger charge is 2.22. The SMILES string of the molecule is CCOC(=O)C(C(N)=N/N=C/c1cccc(OC)c1O)=C(O)OCC. The van der Waals surface area contributed by atoms with E-state index in [1.54, 1.807) is 32.0 Å². The van der Waals surface area contributed by atoms with E-state index in [0.29, 0.717) is 5.56 Å². The topological polar surface area (TPSA) is 136 Å². The van der Waals surface area contributed by atoms with Gasteiger partial charge in [0.1, 0.15) is 0 Å². The number of phenolic OH excluding ortho intramolecular Hbond substituents is 1. The molecule has 136 valence electrons. The molecular weight excluding hydrogens is 330 g/mol. The van der Waals surface area contributed by atoms with E-state index in [0.717, 1.165) is 0 Å². The van der Waals surface area contributed by atoms with Crippen molar-refractivity contribution in [3.05, 3.63) is 35.3 Å². The van der Waals surface area contributed by atoms with Gasteiger partial charge in [0, 0.05) is 5.56 Å². The molecule has 1 rings (SSSR count). The van der Waals surface area contributed by atoms with Gasteiger partial charge in [-0.15, -0.1) is 5.10 Å². The Bertz CT molecular complexity index is 697. The van der Waals surface area contributed by atoms with Crippen LogP contribution >= 0.6 is 0 Å². The van der Waals surface area contributed by atoms with E-state index >= 15 is 0 Å². The minimum absolute atomic E-state index is 0.0793. The lowest BCUT2D eigenvalue weighted by molar-refractivity contribution is -0.138. The van der Waals surface area contributed by atoms with Crippen LogP contribution in [0, 0.1) is 0 Å². The van der Waals surface area contributed by atoms with Crippen LogP contribution in [0.3, 0.4) is 0 Å². The van der Waals surface area contributed by atoms with Gasteiger partial charge < -0.3 is 30.2 Å². The van der Waals surface area contributed by atoms with Gasteiger partial charge in [-0.05, 0) is 26.0 Å². The zero-order valence-corrected chi connectivity index (χ0v) is 14.2. The second-order valence-corrected chi connectivity index (χ2v) is 4.46. The first-order chi connectivity index (χ1) is 12.0. The van der Waals surface area contributed by atoms with Crippen molar-refractivity contribution < 1.29 is 29.2 Å². The average molecular weight is 351 g/mol. The van der Waals surface area contributed by atoms with Crippen LogP contribution in [-0.4, -0.2) is 48.6 Å². The van der Waals surface area contributed by atoms with Gasteiger partial charge in [-0.3, -0.25) is 0 Å². The Morgan fingerprint density at radius 1 is 1.28 bits per heavy atom. The number of nitrogens with two attached hydrogens (primary N) is 1. The van der Waals surface area contributed by atoms with Crippen molar-refractivity contribution in [1.82, 2.24) is 0 Å². The molecule has 0 bridgehead atoms. The molecule has 0 aliphatic heterocycles. The molecule has 0 unspecified atom stereocenters. The molecular formula is C16H21N3O6. The lowest BCUT2D eigenvalue weighted by atomic mass is 10.2. The number of ether oxygens (including phenoxy) is 3. The lowest BCUT2D eigenvalue weighted by Gasteiger charge is -2.08. The van der Waals surface area contributed by atoms with Crippen LogP contribution in [0.25, 0.3) is 0 Å². The highest BCUT2D eigenvalue weighted by atomic mass is 16.6. The summed E-state index contributed by atoms with van der Waals surface area (Å²) in [5.74, 6) is -1.86. The normalized spacial score (nSPS) is 12.7. The summed E-state index contributed by atoms with van der Waals surface area (Å²) >= 11 is 0. The Balaban J connectivity index is 3.11. The maximum Gasteiger partial charge on any atom is 0.349 e. The van der Waals surface area contributed by atoms with E-state index in [1.807, 2.05) is 0 Å². The largest absolute Gasteiger partial charge is 0.504 e. The number of aliphatic hydroxyl groups excluding tert-OH is 1. The fraction of sp³-hybridized carbons (Fsp3) is 0.312. The van der Waals surface area contributed by atoms with E-state index < -0.39 is 23.3 Å². The number of carbonyl (C=O) groups is 1. The third-order valence-corrected chi connectivity index (χ3v) is 2.84. The summed E-state index contributed by atoms with van der Waals surface area (Å²) in [7, 11) is 1.42. The van der Waals surface area contributed by atoms with E-state index in [-0.39, 0.29) is 24.7 Å². The summed E-state index contributed by atoms with van der Waals surface area (Å²) in [6.07, 6.45) is 1.21. The number of carbonyl (C=O) groups excluding carboxylic acids is 1. The number of hydrogen-bond donors (Lipinski definition) is 3. The van der Waals surface area contributed by atoms with E-state index in [4.69, 9.17) is 19.9 Å². The Hall–Kier alpha value is -3.23. The third kappa shape index (κ3) is 5.41. The van der Waals surface area contributed by atoms with Crippen LogP contribution in [0.1, 0.15) is 19.4 Å². The number of methoxy groups -OCH3 is 1. The Labute approximate surface area is 145 Å². The first-order valence-corrected chi connectivity index (χ1v) is 7.42. The first-order valence-electron chi connectivity index (χ1n) is 7.42. The molecule has 0 aliphatic carbocycles. The van der Waals surface area contributed by atoms with Gasteiger partial charge in [0.2, 0.25) is 0 Å². The van der Waals surface area contributed by atoms with Crippen molar-refractivity contribution in [1.29, 1.82) is 0 Å². The van der Waals surface area contributed by atoms with Crippen molar-refractivity contribution in [3.63, 3.8) is 0 Å². The molecule has 0 radical (unpaired) electrons. The molecule has 9 nitrogen and oxygen atoms in total. The van der Waals surface area contributed by atoms with Crippen LogP contribution in [0.2, 0.25) is 0 Å². The molecule has 0 saturated carbocycles. The van der Waals surface area contributed by atoms with Crippen molar-refractivity contribution in [3.8, 4) is 11.5 Å². The molecule has 25 heavy (non-hydrogen) atoms. The van der Waals surface area contributed by atoms with Gasteiger partial charge in [-0.2, -0.15) is 5.10 Å². The fourth-order valence-electron chi connectivity index (χ4n) is 1.73. The molecule has 1 aromatic rings. The molecule has 0 aliphatic rings. The molecule has 0 amide bonds. The van der Waals surface area contributed by atoms with Crippen LogP contribution in [-0.2, 0) is 14.3 Å². The van der Waals surface area contributed by atoms with Crippen LogP contribution in [0.15, 0.2) is 39.9 Å². The second kappa shape index (κ2) is 9.81. The predicted octanol–water partition coefficient (Wildman–Crippen LogP) is 1.46. The molecule has 1 aromatic carbocycles. The molecule has 0 atom stereocenters. The summed E-state index contributed by atoms with van der Waals surface area (Å²) < 4.78 is 14.6. The number of phenols is 1. The lowest BCUT2D eigenvalue weighted by Crippen LogP contribution is -2.25. The van der Waals surface area contributed by atoms with Crippen molar-refractivity contribution >= 4 is 18.0 Å². The van der Waals surface area contributed by atoms with E-state index in [9.17, 15) is 15.0 Å². The molecule has 0 aromatic heterocycles. The van der Waals surface area contributed by atoms with Gasteiger partial charge in [0.05, 0.1) is 26.5 Å². The molecule has 9 heteroatoms. The van der Waals surface area contributed by atoms with Crippen LogP contribution in [0.5, 0.6) is 11.5 Å². The minimum Gasteiger partial charge on any atom is -0.504 e. The van der Waals surface area contributed by atoms with Gasteiger partial charge in [0.15, 0.2) is 22.9 Å². The summed E-state index contributed by atoms with van der Waals surface area (Å²) in [5.41, 5.74) is 5.58. The Morgan fingerprint density at radius 2 is 1.96 bits per heavy atom. The highest BCUT2D eigenvalue weighted by molar-refractivity contribution is 6.18.